The Morgan fingerprint density at radius 3 is 2.90 bits per heavy atom. The second-order valence-electron chi connectivity index (χ2n) is 2.44. The first-order chi connectivity index (χ1) is 4.70. The van der Waals surface area contributed by atoms with Crippen LogP contribution in [-0.2, 0) is 6.54 Å². The summed E-state index contributed by atoms with van der Waals surface area (Å²) < 4.78 is 14.0. The molecular formula is C7H11FN2. The van der Waals surface area contributed by atoms with Gasteiger partial charge in [-0.1, -0.05) is 0 Å². The van der Waals surface area contributed by atoms with Crippen LogP contribution in [0.15, 0.2) is 12.3 Å². The van der Waals surface area contributed by atoms with Gasteiger partial charge in [-0.25, -0.2) is 4.39 Å². The highest BCUT2D eigenvalue weighted by atomic mass is 19.1. The van der Waals surface area contributed by atoms with Crippen LogP contribution in [0, 0.1) is 6.92 Å². The van der Waals surface area contributed by atoms with Crippen LogP contribution in [0.4, 0.5) is 4.39 Å². The number of alkyl halides is 1. The molecule has 1 aromatic heterocycles. The van der Waals surface area contributed by atoms with E-state index in [-0.39, 0.29) is 0 Å². The molecule has 1 heterocycles. The Labute approximate surface area is 59.7 Å². The Morgan fingerprint density at radius 2 is 2.50 bits per heavy atom. The van der Waals surface area contributed by atoms with E-state index < -0.39 is 6.17 Å². The molecular weight excluding hydrogens is 131 g/mol. The van der Waals surface area contributed by atoms with E-state index >= 15 is 0 Å². The summed E-state index contributed by atoms with van der Waals surface area (Å²) in [7, 11) is 0. The molecule has 0 spiro atoms. The summed E-state index contributed by atoms with van der Waals surface area (Å²) in [4.78, 5) is 0. The van der Waals surface area contributed by atoms with Crippen LogP contribution in [0.5, 0.6) is 0 Å². The highest BCUT2D eigenvalue weighted by molar-refractivity contribution is 4.96. The lowest BCUT2D eigenvalue weighted by atomic mass is 10.4. The maximum atomic E-state index is 12.4. The zero-order valence-corrected chi connectivity index (χ0v) is 6.21. The van der Waals surface area contributed by atoms with Gasteiger partial charge in [0.25, 0.3) is 0 Å². The van der Waals surface area contributed by atoms with E-state index in [2.05, 4.69) is 5.10 Å². The number of hydrogen-bond donors (Lipinski definition) is 0. The molecule has 0 aliphatic rings. The minimum atomic E-state index is -0.821. The average Bonchev–Trinajstić information content (AvgIpc) is 2.15. The van der Waals surface area contributed by atoms with E-state index in [1.807, 2.05) is 13.0 Å². The van der Waals surface area contributed by atoms with Crippen molar-refractivity contribution in [1.29, 1.82) is 0 Å². The first-order valence-corrected chi connectivity index (χ1v) is 3.32. The molecule has 0 aliphatic carbocycles. The van der Waals surface area contributed by atoms with Gasteiger partial charge in [-0.2, -0.15) is 5.10 Å². The van der Waals surface area contributed by atoms with Crippen molar-refractivity contribution < 1.29 is 4.39 Å². The van der Waals surface area contributed by atoms with Crippen LogP contribution in [-0.4, -0.2) is 16.0 Å². The standard InChI is InChI=1S/C7H11FN2/c1-6(8)5-10-7(2)3-4-9-10/h3-4,6H,5H2,1-2H3. The van der Waals surface area contributed by atoms with Crippen molar-refractivity contribution >= 4 is 0 Å². The third kappa shape index (κ3) is 1.56. The summed E-state index contributed by atoms with van der Waals surface area (Å²) in [6.07, 6.45) is 0.858. The van der Waals surface area contributed by atoms with E-state index in [9.17, 15) is 4.39 Å². The van der Waals surface area contributed by atoms with E-state index in [4.69, 9.17) is 0 Å². The van der Waals surface area contributed by atoms with Gasteiger partial charge in [0.1, 0.15) is 6.17 Å². The van der Waals surface area contributed by atoms with Crippen LogP contribution >= 0.6 is 0 Å². The Hall–Kier alpha value is -0.860. The molecule has 10 heavy (non-hydrogen) atoms. The van der Waals surface area contributed by atoms with Gasteiger partial charge in [0.05, 0.1) is 6.54 Å². The summed E-state index contributed by atoms with van der Waals surface area (Å²) in [6, 6.07) is 1.86. The zero-order chi connectivity index (χ0) is 7.56. The highest BCUT2D eigenvalue weighted by Crippen LogP contribution is 1.99. The Morgan fingerprint density at radius 1 is 1.80 bits per heavy atom. The molecule has 0 saturated carbocycles. The Bertz CT molecular complexity index is 205. The molecule has 2 nitrogen and oxygen atoms in total. The van der Waals surface area contributed by atoms with E-state index in [0.717, 1.165) is 5.69 Å². The van der Waals surface area contributed by atoms with Crippen molar-refractivity contribution in [2.24, 2.45) is 0 Å². The molecule has 56 valence electrons. The molecule has 0 N–H and O–H groups in total. The molecule has 0 amide bonds. The molecule has 0 aliphatic heterocycles. The van der Waals surface area contributed by atoms with Gasteiger partial charge in [-0.3, -0.25) is 4.68 Å². The van der Waals surface area contributed by atoms with Crippen molar-refractivity contribution in [3.8, 4) is 0 Å². The van der Waals surface area contributed by atoms with Crippen molar-refractivity contribution in [1.82, 2.24) is 9.78 Å². The minimum absolute atomic E-state index is 0.360. The van der Waals surface area contributed by atoms with Crippen molar-refractivity contribution in [3.63, 3.8) is 0 Å². The topological polar surface area (TPSA) is 17.8 Å². The molecule has 0 saturated heterocycles. The molecule has 0 bridgehead atoms. The second kappa shape index (κ2) is 2.82. The lowest BCUT2D eigenvalue weighted by Gasteiger charge is -2.03. The molecule has 0 fully saturated rings. The van der Waals surface area contributed by atoms with Gasteiger partial charge in [-0.05, 0) is 19.9 Å². The SMILES string of the molecule is Cc1ccnn1CC(C)F. The van der Waals surface area contributed by atoms with Gasteiger partial charge >= 0.3 is 0 Å². The molecule has 3 heteroatoms. The van der Waals surface area contributed by atoms with E-state index in [1.165, 1.54) is 6.92 Å². The lowest BCUT2D eigenvalue weighted by molar-refractivity contribution is 0.307. The van der Waals surface area contributed by atoms with Crippen LogP contribution in [0.25, 0.3) is 0 Å². The fraction of sp³-hybridized carbons (Fsp3) is 0.571. The lowest BCUT2D eigenvalue weighted by Crippen LogP contribution is -2.10. The molecule has 1 aromatic rings. The first-order valence-electron chi connectivity index (χ1n) is 3.32. The van der Waals surface area contributed by atoms with Crippen LogP contribution in [0.1, 0.15) is 12.6 Å². The van der Waals surface area contributed by atoms with Gasteiger partial charge in [0, 0.05) is 11.9 Å². The summed E-state index contributed by atoms with van der Waals surface area (Å²) >= 11 is 0. The Kier molecular flexibility index (Phi) is 2.04. The van der Waals surface area contributed by atoms with Gasteiger partial charge in [0.15, 0.2) is 0 Å². The summed E-state index contributed by atoms with van der Waals surface area (Å²) in [5, 5.41) is 3.93. The number of hydrogen-bond acceptors (Lipinski definition) is 1. The second-order valence-corrected chi connectivity index (χ2v) is 2.44. The summed E-state index contributed by atoms with van der Waals surface area (Å²) in [5.74, 6) is 0. The molecule has 1 unspecified atom stereocenters. The fourth-order valence-electron chi connectivity index (χ4n) is 0.828. The quantitative estimate of drug-likeness (QED) is 0.612. The third-order valence-electron chi connectivity index (χ3n) is 1.35. The Balaban J connectivity index is 2.65. The maximum absolute atomic E-state index is 12.4. The number of aryl methyl sites for hydroxylation is 1. The third-order valence-corrected chi connectivity index (χ3v) is 1.35. The minimum Gasteiger partial charge on any atom is -0.267 e. The maximum Gasteiger partial charge on any atom is 0.117 e. The van der Waals surface area contributed by atoms with E-state index in [0.29, 0.717) is 6.54 Å². The number of aromatic nitrogens is 2. The highest BCUT2D eigenvalue weighted by Gasteiger charge is 2.01. The zero-order valence-electron chi connectivity index (χ0n) is 6.21. The van der Waals surface area contributed by atoms with E-state index in [1.54, 1.807) is 10.9 Å². The van der Waals surface area contributed by atoms with Crippen LogP contribution in [0.3, 0.4) is 0 Å². The van der Waals surface area contributed by atoms with Gasteiger partial charge < -0.3 is 0 Å². The smallest absolute Gasteiger partial charge is 0.117 e. The number of halogens is 1. The first kappa shape index (κ1) is 7.25. The molecule has 0 aromatic carbocycles. The molecule has 1 atom stereocenters. The summed E-state index contributed by atoms with van der Waals surface area (Å²) in [5.41, 5.74) is 1.00. The van der Waals surface area contributed by atoms with Gasteiger partial charge in [-0.15, -0.1) is 0 Å². The molecule has 0 radical (unpaired) electrons. The van der Waals surface area contributed by atoms with Crippen LogP contribution in [0.2, 0.25) is 0 Å². The van der Waals surface area contributed by atoms with Crippen molar-refractivity contribution in [2.75, 3.05) is 0 Å². The van der Waals surface area contributed by atoms with Crippen molar-refractivity contribution in [3.05, 3.63) is 18.0 Å². The van der Waals surface area contributed by atoms with Crippen LogP contribution < -0.4 is 0 Å². The average molecular weight is 142 g/mol. The van der Waals surface area contributed by atoms with Gasteiger partial charge in [0.2, 0.25) is 0 Å². The monoisotopic (exact) mass is 142 g/mol. The van der Waals surface area contributed by atoms with Crippen molar-refractivity contribution in [2.45, 2.75) is 26.6 Å². The predicted octanol–water partition coefficient (Wildman–Crippen LogP) is 1.55. The summed E-state index contributed by atoms with van der Waals surface area (Å²) in [6.45, 7) is 3.80. The molecule has 1 rings (SSSR count). The normalized spacial score (nSPS) is 13.5. The number of nitrogens with zero attached hydrogens (tertiary/aromatic N) is 2. The predicted molar refractivity (Wildman–Crippen MR) is 37.5 cm³/mol. The fourth-order valence-corrected chi connectivity index (χ4v) is 0.828. The number of rotatable bonds is 2. The largest absolute Gasteiger partial charge is 0.267 e.